The molecule has 0 aliphatic carbocycles. The maximum absolute atomic E-state index is 12.9. The maximum Gasteiger partial charge on any atom is 0.306 e. The highest BCUT2D eigenvalue weighted by molar-refractivity contribution is 7.45. The quantitative estimate of drug-likeness (QED) is 0.0195. The van der Waals surface area contributed by atoms with Gasteiger partial charge in [0.05, 0.1) is 27.7 Å². The molecule has 0 saturated carbocycles. The molecular weight excluding hydrogens is 1230 g/mol. The van der Waals surface area contributed by atoms with E-state index in [0.29, 0.717) is 17.4 Å². The van der Waals surface area contributed by atoms with Crippen LogP contribution in [0, 0.1) is 0 Å². The van der Waals surface area contributed by atoms with Crippen LogP contribution in [-0.2, 0) is 32.7 Å². The zero-order chi connectivity index (χ0) is 71.1. The summed E-state index contributed by atoms with van der Waals surface area (Å²) in [6, 6.07) is 0. The average Bonchev–Trinajstić information content (AvgIpc) is 1.14. The van der Waals surface area contributed by atoms with Crippen molar-refractivity contribution in [3.63, 3.8) is 0 Å². The van der Waals surface area contributed by atoms with Gasteiger partial charge in [-0.25, -0.2) is 0 Å². The summed E-state index contributed by atoms with van der Waals surface area (Å²) >= 11 is 0. The Kier molecular flexibility index (Phi) is 73.8. The molecule has 0 aliphatic heterocycles. The third-order valence-corrected chi connectivity index (χ3v) is 18.3. The number of quaternary nitrogens is 1. The molecule has 0 aromatic heterocycles. The number of carbonyl (C=O) groups excluding carboxylic acids is 2. The first-order valence-corrected chi connectivity index (χ1v) is 42.0. The molecule has 0 fully saturated rings. The van der Waals surface area contributed by atoms with Crippen molar-refractivity contribution in [2.45, 2.75) is 354 Å². The number of phosphoric acid groups is 1. The Labute approximate surface area is 605 Å². The van der Waals surface area contributed by atoms with Gasteiger partial charge in [-0.05, 0) is 116 Å². The summed E-state index contributed by atoms with van der Waals surface area (Å²) in [6.07, 6.45) is 114. The van der Waals surface area contributed by atoms with Gasteiger partial charge in [0.2, 0.25) is 0 Å². The second-order valence-corrected chi connectivity index (χ2v) is 29.4. The van der Waals surface area contributed by atoms with Crippen molar-refractivity contribution in [2.75, 3.05) is 47.5 Å². The predicted molar refractivity (Wildman–Crippen MR) is 424 cm³/mol. The van der Waals surface area contributed by atoms with Crippen LogP contribution in [0.2, 0.25) is 0 Å². The maximum atomic E-state index is 12.9. The first kappa shape index (κ1) is 93.9. The molecule has 0 amide bonds. The average molecular weight is 1380 g/mol. The minimum Gasteiger partial charge on any atom is -0.756 e. The SMILES string of the molecule is CC/C=C\C/C=C\C/C=C\C/C=C\C/C=C\C/C=C\CCCCCCCCCCCCCCCCCCCCC(=O)OCC(COP(=O)([O-])OCC[N+](C)(C)C)OC(=O)CCCCCCCCCCCCCCCCCCCC/C=C\C/C=C\C/C=C\C/C=C\C/C=C\C/C=C\CC. The summed E-state index contributed by atoms with van der Waals surface area (Å²) in [5.74, 6) is -0.823. The Morgan fingerprint density at radius 1 is 0.316 bits per heavy atom. The van der Waals surface area contributed by atoms with E-state index in [-0.39, 0.29) is 32.0 Å². The highest BCUT2D eigenvalue weighted by Gasteiger charge is 2.22. The van der Waals surface area contributed by atoms with Gasteiger partial charge in [-0.1, -0.05) is 365 Å². The van der Waals surface area contributed by atoms with E-state index in [0.717, 1.165) is 116 Å². The molecule has 0 aliphatic rings. The lowest BCUT2D eigenvalue weighted by atomic mass is 10.0. The second-order valence-electron chi connectivity index (χ2n) is 28.0. The van der Waals surface area contributed by atoms with Gasteiger partial charge in [0.25, 0.3) is 7.82 Å². The molecule has 2 atom stereocenters. The van der Waals surface area contributed by atoms with Crippen LogP contribution in [0.5, 0.6) is 0 Å². The van der Waals surface area contributed by atoms with Crippen LogP contribution in [0.15, 0.2) is 146 Å². The zero-order valence-corrected chi connectivity index (χ0v) is 65.1. The van der Waals surface area contributed by atoms with Crippen molar-refractivity contribution in [1.29, 1.82) is 0 Å². The number of esters is 2. The Bertz CT molecular complexity index is 2170. The number of ether oxygens (including phenoxy) is 2. The van der Waals surface area contributed by atoms with Crippen molar-refractivity contribution in [3.8, 4) is 0 Å². The van der Waals surface area contributed by atoms with Gasteiger partial charge in [-0.15, -0.1) is 0 Å². The molecule has 0 aromatic carbocycles. The summed E-state index contributed by atoms with van der Waals surface area (Å²) in [4.78, 5) is 38.2. The largest absolute Gasteiger partial charge is 0.756 e. The fourth-order valence-corrected chi connectivity index (χ4v) is 12.0. The minimum absolute atomic E-state index is 0.0336. The van der Waals surface area contributed by atoms with Gasteiger partial charge < -0.3 is 27.9 Å². The van der Waals surface area contributed by atoms with Crippen LogP contribution in [-0.4, -0.2) is 70.0 Å². The molecule has 0 radical (unpaired) electrons. The van der Waals surface area contributed by atoms with Crippen LogP contribution >= 0.6 is 7.82 Å². The fourth-order valence-electron chi connectivity index (χ4n) is 11.3. The molecule has 98 heavy (non-hydrogen) atoms. The lowest BCUT2D eigenvalue weighted by molar-refractivity contribution is -0.870. The van der Waals surface area contributed by atoms with E-state index in [1.807, 2.05) is 21.1 Å². The molecule has 0 N–H and O–H groups in total. The van der Waals surface area contributed by atoms with E-state index in [1.54, 1.807) is 0 Å². The van der Waals surface area contributed by atoms with Crippen molar-refractivity contribution in [2.24, 2.45) is 0 Å². The highest BCUT2D eigenvalue weighted by Crippen LogP contribution is 2.38. The van der Waals surface area contributed by atoms with Crippen LogP contribution in [0.25, 0.3) is 0 Å². The lowest BCUT2D eigenvalue weighted by Gasteiger charge is -2.28. The van der Waals surface area contributed by atoms with Gasteiger partial charge in [-0.3, -0.25) is 14.2 Å². The fraction of sp³-hybridized carbons (Fsp3) is 0.705. The third-order valence-electron chi connectivity index (χ3n) is 17.4. The van der Waals surface area contributed by atoms with Gasteiger partial charge in [0, 0.05) is 12.8 Å². The molecule has 0 rings (SSSR count). The van der Waals surface area contributed by atoms with Crippen molar-refractivity contribution >= 4 is 19.8 Å². The second kappa shape index (κ2) is 77.1. The van der Waals surface area contributed by atoms with E-state index < -0.39 is 26.5 Å². The molecule has 9 nitrogen and oxygen atoms in total. The molecule has 10 heteroatoms. The molecule has 562 valence electrons. The molecule has 0 spiro atoms. The summed E-state index contributed by atoms with van der Waals surface area (Å²) in [6.45, 7) is 4.04. The van der Waals surface area contributed by atoms with Gasteiger partial charge >= 0.3 is 11.9 Å². The number of unbranched alkanes of at least 4 members (excludes halogenated alkanes) is 36. The predicted octanol–water partition coefficient (Wildman–Crippen LogP) is 26.6. The summed E-state index contributed by atoms with van der Waals surface area (Å²) in [5, 5.41) is 0. The Hall–Kier alpha value is -4.11. The Morgan fingerprint density at radius 3 is 0.816 bits per heavy atom. The van der Waals surface area contributed by atoms with E-state index in [9.17, 15) is 19.0 Å². The number of carbonyl (C=O) groups is 2. The number of nitrogens with zero attached hydrogens (tertiary/aromatic N) is 1. The number of allylic oxidation sites excluding steroid dienone is 24. The topological polar surface area (TPSA) is 111 Å². The summed E-state index contributed by atoms with van der Waals surface area (Å²) in [5.41, 5.74) is 0. The Morgan fingerprint density at radius 2 is 0.551 bits per heavy atom. The molecule has 2 unspecified atom stereocenters. The van der Waals surface area contributed by atoms with E-state index in [1.165, 1.54) is 199 Å². The zero-order valence-electron chi connectivity index (χ0n) is 64.2. The lowest BCUT2D eigenvalue weighted by Crippen LogP contribution is -2.37. The van der Waals surface area contributed by atoms with Gasteiger partial charge in [0.15, 0.2) is 6.10 Å². The van der Waals surface area contributed by atoms with Crippen molar-refractivity contribution < 1.29 is 42.1 Å². The summed E-state index contributed by atoms with van der Waals surface area (Å²) in [7, 11) is 1.17. The molecule has 0 bridgehead atoms. The third kappa shape index (κ3) is 80.9. The molecule has 0 aromatic rings. The van der Waals surface area contributed by atoms with Crippen LogP contribution in [0.4, 0.5) is 0 Å². The van der Waals surface area contributed by atoms with E-state index >= 15 is 0 Å². The van der Waals surface area contributed by atoms with Gasteiger partial charge in [-0.2, -0.15) is 0 Å². The number of phosphoric ester groups is 1. The number of rotatable bonds is 74. The van der Waals surface area contributed by atoms with Crippen LogP contribution in [0.1, 0.15) is 348 Å². The van der Waals surface area contributed by atoms with Crippen molar-refractivity contribution in [1.82, 2.24) is 0 Å². The number of hydrogen-bond acceptors (Lipinski definition) is 8. The normalized spacial score (nSPS) is 13.8. The first-order chi connectivity index (χ1) is 48.0. The standard InChI is InChI=1S/C88H152NO8P/c1-6-8-10-12-14-16-18-20-22-24-26-28-30-32-34-36-38-40-42-44-46-48-50-52-54-56-58-60-62-64-66-68-70-72-74-76-78-80-87(90)94-84-86(85-96-98(92,93)95-83-82-89(3,4)5)97-88(91)81-79-77-75-73-71-69-67-65-63-61-59-57-55-53-51-49-47-45-43-41-39-37-35-33-31-29-27-25-23-21-19-17-15-13-11-9-7-2/h8-11,14-17,20-23,26-29,32-35,38-41,86H,6-7,12-13,18-19,24-25,30-31,36-37,42-85H2,1-5H3/b10-8-,11-9-,16-14-,17-15-,22-20-,23-21-,28-26-,29-27-,34-32-,35-33-,40-38-,41-39-. The monoisotopic (exact) mass is 1380 g/mol. The molecule has 0 saturated heterocycles. The van der Waals surface area contributed by atoms with Crippen LogP contribution < -0.4 is 4.89 Å². The smallest absolute Gasteiger partial charge is 0.306 e. The van der Waals surface area contributed by atoms with Gasteiger partial charge in [0.1, 0.15) is 19.8 Å². The minimum atomic E-state index is -4.65. The number of hydrogen-bond donors (Lipinski definition) is 0. The Balaban J connectivity index is 3.96. The van der Waals surface area contributed by atoms with Crippen LogP contribution in [0.3, 0.4) is 0 Å². The molecule has 0 heterocycles. The first-order valence-electron chi connectivity index (χ1n) is 40.5. The summed E-state index contributed by atoms with van der Waals surface area (Å²) < 4.78 is 34.4. The molecular formula is C88H152NO8P. The van der Waals surface area contributed by atoms with E-state index in [2.05, 4.69) is 160 Å². The number of likely N-dealkylation sites (N-methyl/N-ethyl adjacent to an activating group) is 1. The van der Waals surface area contributed by atoms with Crippen molar-refractivity contribution in [3.05, 3.63) is 146 Å². The van der Waals surface area contributed by atoms with E-state index in [4.69, 9.17) is 18.5 Å². The highest BCUT2D eigenvalue weighted by atomic mass is 31.2.